The molecule has 3 aromatic rings. The maximum Gasteiger partial charge on any atom is 0.271 e. The van der Waals surface area contributed by atoms with E-state index in [-0.39, 0.29) is 22.7 Å². The van der Waals surface area contributed by atoms with Gasteiger partial charge >= 0.3 is 0 Å². The highest BCUT2D eigenvalue weighted by molar-refractivity contribution is 7.80. The van der Waals surface area contributed by atoms with Crippen molar-refractivity contribution in [2.75, 3.05) is 0 Å². The fraction of sp³-hybridized carbons (Fsp3) is 0.333. The molecular formula is C24H25N5O2S. The second kappa shape index (κ2) is 8.70. The highest BCUT2D eigenvalue weighted by Gasteiger charge is 2.44. The van der Waals surface area contributed by atoms with Gasteiger partial charge < -0.3 is 14.8 Å². The summed E-state index contributed by atoms with van der Waals surface area (Å²) >= 11 is 5.85. The maximum atomic E-state index is 11.4. The van der Waals surface area contributed by atoms with Gasteiger partial charge in [-0.05, 0) is 55.4 Å². The summed E-state index contributed by atoms with van der Waals surface area (Å²) in [4.78, 5) is 18.0. The molecule has 0 bridgehead atoms. The fourth-order valence-corrected chi connectivity index (χ4v) is 5.45. The minimum atomic E-state index is -0.357. The molecule has 0 radical (unpaired) electrons. The van der Waals surface area contributed by atoms with Crippen molar-refractivity contribution in [2.45, 2.75) is 50.2 Å². The average Bonchev–Trinajstić information content (AvgIpc) is 3.44. The van der Waals surface area contributed by atoms with Gasteiger partial charge in [0.25, 0.3) is 5.69 Å². The number of hydrogen-bond donors (Lipinski definition) is 1. The van der Waals surface area contributed by atoms with E-state index in [0.717, 1.165) is 35.0 Å². The van der Waals surface area contributed by atoms with E-state index >= 15 is 0 Å². The van der Waals surface area contributed by atoms with Crippen LogP contribution in [-0.2, 0) is 0 Å². The number of pyridine rings is 1. The number of nitrogens with one attached hydrogen (secondary N) is 1. The van der Waals surface area contributed by atoms with Crippen molar-refractivity contribution >= 4 is 23.0 Å². The number of thiocarbonyl (C=S) groups is 1. The molecule has 1 saturated heterocycles. The van der Waals surface area contributed by atoms with Crippen LogP contribution >= 0.6 is 12.2 Å². The summed E-state index contributed by atoms with van der Waals surface area (Å²) in [6, 6.07) is 17.0. The largest absolute Gasteiger partial charge is 0.352 e. The third kappa shape index (κ3) is 3.75. The SMILES string of the molecule is O=[N+]([O-])c1cccc(-n2cccc2[C@H]2[C@H](c3ccccn3)NC(=S)N2C2CCCCC2)c1. The van der Waals surface area contributed by atoms with Gasteiger partial charge in [-0.25, -0.2) is 0 Å². The van der Waals surface area contributed by atoms with E-state index in [9.17, 15) is 10.1 Å². The molecule has 164 valence electrons. The van der Waals surface area contributed by atoms with Crippen molar-refractivity contribution in [3.63, 3.8) is 0 Å². The second-order valence-corrected chi connectivity index (χ2v) is 8.79. The summed E-state index contributed by atoms with van der Waals surface area (Å²) in [7, 11) is 0. The van der Waals surface area contributed by atoms with Crippen molar-refractivity contribution < 1.29 is 4.92 Å². The molecule has 0 spiro atoms. The van der Waals surface area contributed by atoms with Gasteiger partial charge in [-0.2, -0.15) is 0 Å². The number of rotatable bonds is 5. The molecular weight excluding hydrogens is 422 g/mol. The number of non-ortho nitro benzene ring substituents is 1. The summed E-state index contributed by atoms with van der Waals surface area (Å²) in [5.41, 5.74) is 2.82. The van der Waals surface area contributed by atoms with Crippen LogP contribution < -0.4 is 5.32 Å². The second-order valence-electron chi connectivity index (χ2n) is 8.41. The van der Waals surface area contributed by atoms with Gasteiger partial charge in [-0.1, -0.05) is 31.4 Å². The lowest BCUT2D eigenvalue weighted by atomic mass is 9.92. The van der Waals surface area contributed by atoms with E-state index in [2.05, 4.69) is 21.3 Å². The molecule has 1 aromatic carbocycles. The van der Waals surface area contributed by atoms with Gasteiger partial charge in [0.05, 0.1) is 28.4 Å². The van der Waals surface area contributed by atoms with Crippen LogP contribution in [0.2, 0.25) is 0 Å². The van der Waals surface area contributed by atoms with Crippen molar-refractivity contribution in [3.8, 4) is 5.69 Å². The summed E-state index contributed by atoms with van der Waals surface area (Å²) in [6.45, 7) is 0. The molecule has 2 aromatic heterocycles. The van der Waals surface area contributed by atoms with Crippen LogP contribution in [0.5, 0.6) is 0 Å². The predicted molar refractivity (Wildman–Crippen MR) is 127 cm³/mol. The Hall–Kier alpha value is -3.26. The zero-order valence-electron chi connectivity index (χ0n) is 17.6. The van der Waals surface area contributed by atoms with Gasteiger partial charge in [0.15, 0.2) is 5.11 Å². The number of nitro groups is 1. The molecule has 2 fully saturated rings. The highest BCUT2D eigenvalue weighted by Crippen LogP contribution is 2.43. The smallest absolute Gasteiger partial charge is 0.271 e. The van der Waals surface area contributed by atoms with Crippen molar-refractivity contribution in [2.24, 2.45) is 0 Å². The molecule has 3 heterocycles. The molecule has 0 unspecified atom stereocenters. The van der Waals surface area contributed by atoms with Gasteiger partial charge in [-0.15, -0.1) is 0 Å². The molecule has 5 rings (SSSR count). The maximum absolute atomic E-state index is 11.4. The Labute approximate surface area is 192 Å². The molecule has 2 aliphatic rings. The predicted octanol–water partition coefficient (Wildman–Crippen LogP) is 5.09. The topological polar surface area (TPSA) is 76.2 Å². The normalized spacial score (nSPS) is 21.5. The minimum absolute atomic E-state index is 0.0604. The molecule has 1 aliphatic carbocycles. The van der Waals surface area contributed by atoms with Gasteiger partial charge in [-0.3, -0.25) is 15.1 Å². The minimum Gasteiger partial charge on any atom is -0.352 e. The molecule has 32 heavy (non-hydrogen) atoms. The van der Waals surface area contributed by atoms with Crippen molar-refractivity contribution in [3.05, 3.63) is 88.5 Å². The molecule has 2 atom stereocenters. The number of benzene rings is 1. The number of aromatic nitrogens is 2. The Morgan fingerprint density at radius 2 is 1.91 bits per heavy atom. The fourth-order valence-electron chi connectivity index (χ4n) is 5.06. The Kier molecular flexibility index (Phi) is 5.61. The first-order valence-electron chi connectivity index (χ1n) is 11.1. The third-order valence-corrected chi connectivity index (χ3v) is 6.83. The van der Waals surface area contributed by atoms with Crippen LogP contribution in [0.25, 0.3) is 5.69 Å². The zero-order chi connectivity index (χ0) is 22.1. The van der Waals surface area contributed by atoms with Gasteiger partial charge in [0, 0.05) is 36.3 Å². The first kappa shape index (κ1) is 20.6. The Bertz CT molecular complexity index is 1130. The lowest BCUT2D eigenvalue weighted by Gasteiger charge is -2.37. The van der Waals surface area contributed by atoms with E-state index < -0.39 is 0 Å². The lowest BCUT2D eigenvalue weighted by Crippen LogP contribution is -2.40. The molecule has 0 amide bonds. The Morgan fingerprint density at radius 1 is 1.06 bits per heavy atom. The molecule has 7 nitrogen and oxygen atoms in total. The van der Waals surface area contributed by atoms with E-state index in [4.69, 9.17) is 12.2 Å². The number of hydrogen-bond acceptors (Lipinski definition) is 4. The van der Waals surface area contributed by atoms with Crippen molar-refractivity contribution in [1.29, 1.82) is 0 Å². The van der Waals surface area contributed by atoms with Crippen LogP contribution in [0.15, 0.2) is 67.0 Å². The highest BCUT2D eigenvalue weighted by atomic mass is 32.1. The van der Waals surface area contributed by atoms with Crippen LogP contribution in [0.4, 0.5) is 5.69 Å². The van der Waals surface area contributed by atoms with E-state index in [1.54, 1.807) is 18.3 Å². The van der Waals surface area contributed by atoms with Crippen LogP contribution in [-0.4, -0.2) is 30.5 Å². The van der Waals surface area contributed by atoms with E-state index in [1.165, 1.54) is 25.3 Å². The Balaban J connectivity index is 1.61. The van der Waals surface area contributed by atoms with Crippen LogP contribution in [0.1, 0.15) is 55.6 Å². The number of nitrogens with zero attached hydrogens (tertiary/aromatic N) is 4. The standard InChI is InChI=1S/C24H25N5O2S/c30-29(31)19-11-6-10-18(16-19)27-15-7-13-21(27)23-22(20-12-4-5-14-25-20)26-24(32)28(23)17-8-2-1-3-9-17/h4-7,10-17,22-23H,1-3,8-9H2,(H,26,32)/t22-,23-/m0/s1. The van der Waals surface area contributed by atoms with E-state index in [0.29, 0.717) is 6.04 Å². The monoisotopic (exact) mass is 447 g/mol. The average molecular weight is 448 g/mol. The van der Waals surface area contributed by atoms with Crippen LogP contribution in [0, 0.1) is 10.1 Å². The van der Waals surface area contributed by atoms with Crippen molar-refractivity contribution in [1.82, 2.24) is 19.8 Å². The molecule has 1 aliphatic heterocycles. The molecule has 8 heteroatoms. The first-order valence-corrected chi connectivity index (χ1v) is 11.5. The summed E-state index contributed by atoms with van der Waals surface area (Å²) in [5.74, 6) is 0. The van der Waals surface area contributed by atoms with Gasteiger partial charge in [0.1, 0.15) is 0 Å². The summed E-state index contributed by atoms with van der Waals surface area (Å²) in [5, 5.41) is 15.6. The molecule has 1 saturated carbocycles. The van der Waals surface area contributed by atoms with Crippen LogP contribution in [0.3, 0.4) is 0 Å². The summed E-state index contributed by atoms with van der Waals surface area (Å²) < 4.78 is 2.04. The zero-order valence-corrected chi connectivity index (χ0v) is 18.4. The first-order chi connectivity index (χ1) is 15.6. The lowest BCUT2D eigenvalue weighted by molar-refractivity contribution is -0.384. The summed E-state index contributed by atoms with van der Waals surface area (Å²) in [6.07, 6.45) is 9.68. The quantitative estimate of drug-likeness (QED) is 0.334. The Morgan fingerprint density at radius 3 is 2.66 bits per heavy atom. The van der Waals surface area contributed by atoms with E-state index in [1.807, 2.05) is 41.1 Å². The molecule has 1 N–H and O–H groups in total. The number of nitro benzene ring substituents is 1. The third-order valence-electron chi connectivity index (χ3n) is 6.51. The van der Waals surface area contributed by atoms with Gasteiger partial charge in [0.2, 0.25) is 0 Å².